The number of aromatic carboxylic acids is 1. The lowest BCUT2D eigenvalue weighted by Crippen LogP contribution is -2.39. The average molecular weight is 380 g/mol. The maximum atomic E-state index is 12.8. The predicted molar refractivity (Wildman–Crippen MR) is 103 cm³/mol. The zero-order chi connectivity index (χ0) is 19.5. The number of carboxylic acid groups (broad SMARTS) is 1. The number of benzene rings is 1. The number of amides is 1. The second-order valence-corrected chi connectivity index (χ2v) is 7.43. The Kier molecular flexibility index (Phi) is 5.34. The van der Waals surface area contributed by atoms with Gasteiger partial charge in [-0.05, 0) is 30.9 Å². The molecule has 2 fully saturated rings. The minimum atomic E-state index is -0.890. The Morgan fingerprint density at radius 1 is 1.11 bits per heavy atom. The van der Waals surface area contributed by atoms with Crippen LogP contribution in [0.1, 0.15) is 40.9 Å². The van der Waals surface area contributed by atoms with E-state index in [0.29, 0.717) is 31.0 Å². The fraction of sp³-hybridized carbons (Fsp3) is 0.429. The van der Waals surface area contributed by atoms with E-state index in [0.717, 1.165) is 37.2 Å². The molecule has 0 saturated carbocycles. The van der Waals surface area contributed by atoms with E-state index in [-0.39, 0.29) is 11.9 Å². The number of aromatic nitrogens is 2. The molecule has 2 saturated heterocycles. The van der Waals surface area contributed by atoms with Gasteiger partial charge in [-0.3, -0.25) is 19.7 Å². The van der Waals surface area contributed by atoms with Gasteiger partial charge in [0.2, 0.25) is 5.91 Å². The highest BCUT2D eigenvalue weighted by molar-refractivity contribution is 5.89. The van der Waals surface area contributed by atoms with Crippen molar-refractivity contribution in [1.82, 2.24) is 19.8 Å². The minimum absolute atomic E-state index is 0.172. The third-order valence-corrected chi connectivity index (χ3v) is 5.84. The van der Waals surface area contributed by atoms with E-state index in [2.05, 4.69) is 14.9 Å². The number of carboxylic acids is 1. The Morgan fingerprint density at radius 2 is 1.93 bits per heavy atom. The van der Waals surface area contributed by atoms with Gasteiger partial charge in [-0.2, -0.15) is 0 Å². The summed E-state index contributed by atoms with van der Waals surface area (Å²) < 4.78 is 0. The van der Waals surface area contributed by atoms with Crippen LogP contribution in [0.3, 0.4) is 0 Å². The van der Waals surface area contributed by atoms with Gasteiger partial charge in [0.05, 0.1) is 11.3 Å². The van der Waals surface area contributed by atoms with E-state index in [4.69, 9.17) is 0 Å². The molecule has 0 unspecified atom stereocenters. The zero-order valence-corrected chi connectivity index (χ0v) is 15.7. The Labute approximate surface area is 164 Å². The summed E-state index contributed by atoms with van der Waals surface area (Å²) >= 11 is 0. The molecule has 2 aliphatic heterocycles. The van der Waals surface area contributed by atoms with Crippen LogP contribution in [-0.2, 0) is 17.8 Å². The summed E-state index contributed by atoms with van der Waals surface area (Å²) in [5, 5.41) is 9.41. The monoisotopic (exact) mass is 380 g/mol. The third kappa shape index (κ3) is 3.75. The lowest BCUT2D eigenvalue weighted by Gasteiger charge is -2.26. The van der Waals surface area contributed by atoms with Crippen molar-refractivity contribution in [2.24, 2.45) is 0 Å². The predicted octanol–water partition coefficient (Wildman–Crippen LogP) is 1.98. The standard InChI is InChI=1S/C21H24N4O3/c26-20(6-5-16-13-22-9-10-23-16)25-12-8-18-19(25)7-11-24(18)14-15-3-1-2-4-17(15)21(27)28/h1-4,9-10,13,18-19H,5-8,11-12,14H2,(H,27,28)/t18-,19-/m0/s1. The molecular formula is C21H24N4O3. The van der Waals surface area contributed by atoms with Gasteiger partial charge in [-0.1, -0.05) is 18.2 Å². The summed E-state index contributed by atoms with van der Waals surface area (Å²) in [7, 11) is 0. The first-order valence-corrected chi connectivity index (χ1v) is 9.73. The summed E-state index contributed by atoms with van der Waals surface area (Å²) in [4.78, 5) is 36.9. The number of nitrogens with zero attached hydrogens (tertiary/aromatic N) is 4. The van der Waals surface area contributed by atoms with Gasteiger partial charge in [0.1, 0.15) is 0 Å². The maximum absolute atomic E-state index is 12.8. The first kappa shape index (κ1) is 18.6. The van der Waals surface area contributed by atoms with Gasteiger partial charge in [0, 0.05) is 56.7 Å². The molecule has 3 heterocycles. The molecule has 1 aromatic heterocycles. The maximum Gasteiger partial charge on any atom is 0.336 e. The van der Waals surface area contributed by atoms with Crippen molar-refractivity contribution in [2.45, 2.75) is 44.3 Å². The lowest BCUT2D eigenvalue weighted by atomic mass is 10.1. The van der Waals surface area contributed by atoms with Crippen LogP contribution in [0, 0.1) is 0 Å². The number of hydrogen-bond acceptors (Lipinski definition) is 5. The number of carbonyl (C=O) groups excluding carboxylic acids is 1. The number of aryl methyl sites for hydroxylation is 1. The molecule has 2 atom stereocenters. The normalized spacial score (nSPS) is 21.6. The minimum Gasteiger partial charge on any atom is -0.478 e. The molecule has 1 N–H and O–H groups in total. The molecule has 1 aromatic carbocycles. The van der Waals surface area contributed by atoms with Crippen molar-refractivity contribution < 1.29 is 14.7 Å². The highest BCUT2D eigenvalue weighted by Gasteiger charge is 2.44. The Balaban J connectivity index is 1.38. The Hall–Kier alpha value is -2.80. The van der Waals surface area contributed by atoms with Crippen molar-refractivity contribution in [3.05, 3.63) is 59.7 Å². The van der Waals surface area contributed by atoms with Gasteiger partial charge in [-0.25, -0.2) is 4.79 Å². The molecular weight excluding hydrogens is 356 g/mol. The topological polar surface area (TPSA) is 86.6 Å². The van der Waals surface area contributed by atoms with Crippen molar-refractivity contribution in [1.29, 1.82) is 0 Å². The van der Waals surface area contributed by atoms with E-state index in [1.54, 1.807) is 30.7 Å². The average Bonchev–Trinajstić information content (AvgIpc) is 3.30. The molecule has 1 amide bonds. The summed E-state index contributed by atoms with van der Waals surface area (Å²) in [6.07, 6.45) is 7.92. The van der Waals surface area contributed by atoms with Crippen LogP contribution >= 0.6 is 0 Å². The van der Waals surface area contributed by atoms with Crippen LogP contribution in [0.4, 0.5) is 0 Å². The van der Waals surface area contributed by atoms with Gasteiger partial charge in [-0.15, -0.1) is 0 Å². The van der Waals surface area contributed by atoms with Crippen LogP contribution in [0.15, 0.2) is 42.9 Å². The summed E-state index contributed by atoms with van der Waals surface area (Å²) in [5.41, 5.74) is 2.04. The molecule has 146 valence electrons. The molecule has 0 aliphatic carbocycles. The number of rotatable bonds is 6. The highest BCUT2D eigenvalue weighted by Crippen LogP contribution is 2.33. The van der Waals surface area contributed by atoms with E-state index < -0.39 is 5.97 Å². The number of carbonyl (C=O) groups is 2. The lowest BCUT2D eigenvalue weighted by molar-refractivity contribution is -0.132. The molecule has 0 spiro atoms. The van der Waals surface area contributed by atoms with Gasteiger partial charge in [0.15, 0.2) is 0 Å². The Morgan fingerprint density at radius 3 is 2.71 bits per heavy atom. The summed E-state index contributed by atoms with van der Waals surface area (Å²) in [5.74, 6) is -0.718. The quantitative estimate of drug-likeness (QED) is 0.825. The second kappa shape index (κ2) is 8.06. The summed E-state index contributed by atoms with van der Waals surface area (Å²) in [6.45, 7) is 2.27. The van der Waals surface area contributed by atoms with Crippen LogP contribution in [0.25, 0.3) is 0 Å². The van der Waals surface area contributed by atoms with Crippen LogP contribution in [-0.4, -0.2) is 61.9 Å². The van der Waals surface area contributed by atoms with E-state index in [1.165, 1.54) is 0 Å². The van der Waals surface area contributed by atoms with E-state index in [1.807, 2.05) is 17.0 Å². The molecule has 28 heavy (non-hydrogen) atoms. The molecule has 0 bridgehead atoms. The molecule has 0 radical (unpaired) electrons. The molecule has 2 aromatic rings. The second-order valence-electron chi connectivity index (χ2n) is 7.43. The van der Waals surface area contributed by atoms with Gasteiger partial charge < -0.3 is 10.0 Å². The first-order chi connectivity index (χ1) is 13.6. The molecule has 7 heteroatoms. The smallest absolute Gasteiger partial charge is 0.336 e. The SMILES string of the molecule is O=C(O)c1ccccc1CN1CC[C@H]2[C@@H]1CCN2C(=O)CCc1cnccn1. The fourth-order valence-corrected chi connectivity index (χ4v) is 4.50. The van der Waals surface area contributed by atoms with Crippen molar-refractivity contribution in [2.75, 3.05) is 13.1 Å². The van der Waals surface area contributed by atoms with Crippen molar-refractivity contribution in [3.8, 4) is 0 Å². The highest BCUT2D eigenvalue weighted by atomic mass is 16.4. The first-order valence-electron chi connectivity index (χ1n) is 9.73. The molecule has 7 nitrogen and oxygen atoms in total. The molecule has 2 aliphatic rings. The van der Waals surface area contributed by atoms with Crippen molar-refractivity contribution in [3.63, 3.8) is 0 Å². The number of likely N-dealkylation sites (tertiary alicyclic amines) is 2. The fourth-order valence-electron chi connectivity index (χ4n) is 4.50. The van der Waals surface area contributed by atoms with Crippen molar-refractivity contribution >= 4 is 11.9 Å². The van der Waals surface area contributed by atoms with Gasteiger partial charge in [0.25, 0.3) is 0 Å². The van der Waals surface area contributed by atoms with Crippen LogP contribution in [0.2, 0.25) is 0 Å². The van der Waals surface area contributed by atoms with E-state index in [9.17, 15) is 14.7 Å². The summed E-state index contributed by atoms with van der Waals surface area (Å²) in [6, 6.07) is 7.71. The van der Waals surface area contributed by atoms with Gasteiger partial charge >= 0.3 is 5.97 Å². The van der Waals surface area contributed by atoms with E-state index >= 15 is 0 Å². The largest absolute Gasteiger partial charge is 0.478 e. The van der Waals surface area contributed by atoms with Crippen LogP contribution < -0.4 is 0 Å². The Bertz CT molecular complexity index is 858. The molecule has 4 rings (SSSR count). The number of hydrogen-bond donors (Lipinski definition) is 1. The zero-order valence-electron chi connectivity index (χ0n) is 15.7. The van der Waals surface area contributed by atoms with Crippen LogP contribution in [0.5, 0.6) is 0 Å². The third-order valence-electron chi connectivity index (χ3n) is 5.84. The number of fused-ring (bicyclic) bond motifs is 1.